The van der Waals surface area contributed by atoms with Gasteiger partial charge in [0, 0.05) is 18.3 Å². The summed E-state index contributed by atoms with van der Waals surface area (Å²) >= 11 is 0. The molecule has 2 N–H and O–H groups in total. The number of likely N-dealkylation sites (tertiary alicyclic amines) is 1. The monoisotopic (exact) mass is 367 g/mol. The number of urea groups is 1. The van der Waals surface area contributed by atoms with Gasteiger partial charge in [0.1, 0.15) is 0 Å². The molecular weight excluding hydrogens is 334 g/mol. The number of hydrogen-bond acceptors (Lipinski definition) is 2. The molecule has 2 heterocycles. The number of para-hydroxylation sites is 1. The van der Waals surface area contributed by atoms with Crippen LogP contribution in [0.3, 0.4) is 0 Å². The molecule has 1 spiro atoms. The summed E-state index contributed by atoms with van der Waals surface area (Å²) in [4.78, 5) is 16.6. The first-order valence-electron chi connectivity index (χ1n) is 11.1. The minimum Gasteiger partial charge on any atom is -0.351 e. The zero-order chi connectivity index (χ0) is 18.4. The van der Waals surface area contributed by atoms with Crippen LogP contribution < -0.4 is 10.6 Å². The van der Waals surface area contributed by atoms with E-state index in [1.807, 2.05) is 6.07 Å². The second-order valence-electron chi connectivity index (χ2n) is 9.60. The third-order valence-corrected chi connectivity index (χ3v) is 8.20. The lowest BCUT2D eigenvalue weighted by Crippen LogP contribution is -2.48. The molecule has 1 aromatic carbocycles. The van der Waals surface area contributed by atoms with Gasteiger partial charge in [0.2, 0.25) is 0 Å². The number of benzene rings is 1. The standard InChI is InChI=1S/C23H33N3O/c24-22(27)26-11-3-8-23(20-4-1-2-5-21(20)26)9-12-25(13-10-23)19-15-17-6-7-18(14-17)16-19/h1-2,4-5,17-19H,3,6-16H2,(H2,24,27). The number of anilines is 1. The van der Waals surface area contributed by atoms with E-state index in [0.717, 1.165) is 36.5 Å². The van der Waals surface area contributed by atoms with Crippen molar-refractivity contribution in [1.29, 1.82) is 0 Å². The number of nitrogens with two attached hydrogens (primary N) is 1. The molecule has 2 atom stereocenters. The van der Waals surface area contributed by atoms with Crippen LogP contribution in [-0.4, -0.2) is 36.6 Å². The molecule has 146 valence electrons. The van der Waals surface area contributed by atoms with E-state index >= 15 is 0 Å². The number of carbonyl (C=O) groups is 1. The van der Waals surface area contributed by atoms with E-state index in [-0.39, 0.29) is 11.4 Å². The number of amides is 2. The van der Waals surface area contributed by atoms with Crippen LogP contribution in [0.1, 0.15) is 63.4 Å². The quantitative estimate of drug-likeness (QED) is 0.805. The molecule has 27 heavy (non-hydrogen) atoms. The zero-order valence-electron chi connectivity index (χ0n) is 16.4. The fraction of sp³-hybridized carbons (Fsp3) is 0.696. The summed E-state index contributed by atoms with van der Waals surface area (Å²) in [6.45, 7) is 3.19. The molecular formula is C23H33N3O. The average molecular weight is 368 g/mol. The normalized spacial score (nSPS) is 32.9. The van der Waals surface area contributed by atoms with Gasteiger partial charge in [0.25, 0.3) is 0 Å². The number of carbonyl (C=O) groups excluding carboxylic acids is 1. The Hall–Kier alpha value is -1.55. The first-order chi connectivity index (χ1) is 13.1. The van der Waals surface area contributed by atoms with E-state index in [1.165, 1.54) is 70.0 Å². The fourth-order valence-electron chi connectivity index (χ4n) is 6.82. The predicted octanol–water partition coefficient (Wildman–Crippen LogP) is 4.28. The molecule has 4 aliphatic rings. The van der Waals surface area contributed by atoms with Gasteiger partial charge >= 0.3 is 6.03 Å². The van der Waals surface area contributed by atoms with Crippen molar-refractivity contribution in [2.45, 2.75) is 69.2 Å². The number of primary amides is 1. The van der Waals surface area contributed by atoms with Crippen molar-refractivity contribution >= 4 is 11.7 Å². The predicted molar refractivity (Wildman–Crippen MR) is 109 cm³/mol. The van der Waals surface area contributed by atoms with E-state index in [0.29, 0.717) is 0 Å². The molecule has 5 rings (SSSR count). The van der Waals surface area contributed by atoms with E-state index in [1.54, 1.807) is 4.90 Å². The highest BCUT2D eigenvalue weighted by Crippen LogP contribution is 2.48. The number of hydrogen-bond donors (Lipinski definition) is 1. The largest absolute Gasteiger partial charge is 0.351 e. The van der Waals surface area contributed by atoms with Crippen LogP contribution in [0, 0.1) is 11.8 Å². The highest BCUT2D eigenvalue weighted by atomic mass is 16.2. The van der Waals surface area contributed by atoms with Gasteiger partial charge in [-0.05, 0) is 86.9 Å². The summed E-state index contributed by atoms with van der Waals surface area (Å²) in [5, 5.41) is 0. The topological polar surface area (TPSA) is 49.6 Å². The number of fused-ring (bicyclic) bond motifs is 4. The molecule has 3 fully saturated rings. The molecule has 2 unspecified atom stereocenters. The molecule has 1 aromatic rings. The van der Waals surface area contributed by atoms with Crippen molar-refractivity contribution in [3.8, 4) is 0 Å². The summed E-state index contributed by atoms with van der Waals surface area (Å²) in [6, 6.07) is 9.05. The zero-order valence-corrected chi connectivity index (χ0v) is 16.4. The highest BCUT2D eigenvalue weighted by molar-refractivity contribution is 5.92. The first kappa shape index (κ1) is 17.5. The van der Waals surface area contributed by atoms with Crippen LogP contribution in [0.25, 0.3) is 0 Å². The van der Waals surface area contributed by atoms with Crippen LogP contribution in [-0.2, 0) is 5.41 Å². The summed E-state index contributed by atoms with van der Waals surface area (Å²) in [5.41, 5.74) is 8.35. The maximum absolute atomic E-state index is 12.0. The lowest BCUT2D eigenvalue weighted by Gasteiger charge is -2.46. The van der Waals surface area contributed by atoms with Gasteiger partial charge < -0.3 is 10.6 Å². The van der Waals surface area contributed by atoms with E-state index < -0.39 is 0 Å². The van der Waals surface area contributed by atoms with Gasteiger partial charge in [-0.1, -0.05) is 31.0 Å². The van der Waals surface area contributed by atoms with E-state index in [9.17, 15) is 4.79 Å². The second kappa shape index (κ2) is 6.80. The van der Waals surface area contributed by atoms with Gasteiger partial charge in [0.15, 0.2) is 0 Å². The van der Waals surface area contributed by atoms with Gasteiger partial charge in [-0.25, -0.2) is 4.79 Å². The first-order valence-corrected chi connectivity index (χ1v) is 11.1. The van der Waals surface area contributed by atoms with Gasteiger partial charge in [-0.3, -0.25) is 4.90 Å². The fourth-order valence-corrected chi connectivity index (χ4v) is 6.82. The van der Waals surface area contributed by atoms with Crippen molar-refractivity contribution < 1.29 is 4.79 Å². The maximum Gasteiger partial charge on any atom is 0.319 e. The van der Waals surface area contributed by atoms with Crippen LogP contribution in [0.2, 0.25) is 0 Å². The third kappa shape index (κ3) is 3.06. The number of nitrogens with zero attached hydrogens (tertiary/aromatic N) is 2. The van der Waals surface area contributed by atoms with Crippen LogP contribution >= 0.6 is 0 Å². The average Bonchev–Trinajstić information content (AvgIpc) is 2.94. The van der Waals surface area contributed by atoms with Crippen molar-refractivity contribution in [2.24, 2.45) is 17.6 Å². The summed E-state index contributed by atoms with van der Waals surface area (Å²) in [6.07, 6.45) is 12.0. The summed E-state index contributed by atoms with van der Waals surface area (Å²) in [7, 11) is 0. The number of rotatable bonds is 1. The molecule has 4 heteroatoms. The van der Waals surface area contributed by atoms with Crippen molar-refractivity contribution in [2.75, 3.05) is 24.5 Å². The lowest BCUT2D eigenvalue weighted by molar-refractivity contribution is 0.0724. The Morgan fingerprint density at radius 3 is 2.37 bits per heavy atom. The second-order valence-corrected chi connectivity index (χ2v) is 9.60. The molecule has 0 aromatic heterocycles. The molecule has 4 nitrogen and oxygen atoms in total. The van der Waals surface area contributed by atoms with Crippen LogP contribution in [0.15, 0.2) is 24.3 Å². The minimum absolute atomic E-state index is 0.227. The summed E-state index contributed by atoms with van der Waals surface area (Å²) in [5.74, 6) is 2.01. The van der Waals surface area contributed by atoms with Crippen LogP contribution in [0.4, 0.5) is 10.5 Å². The smallest absolute Gasteiger partial charge is 0.319 e. The molecule has 1 saturated heterocycles. The number of piperidine rings is 1. The molecule has 2 saturated carbocycles. The van der Waals surface area contributed by atoms with Gasteiger partial charge in [0.05, 0.1) is 0 Å². The Kier molecular flexibility index (Phi) is 4.42. The minimum atomic E-state index is -0.311. The molecule has 2 bridgehead atoms. The molecule has 2 aliphatic carbocycles. The van der Waals surface area contributed by atoms with Crippen molar-refractivity contribution in [1.82, 2.24) is 4.90 Å². The van der Waals surface area contributed by atoms with Gasteiger partial charge in [-0.2, -0.15) is 0 Å². The molecule has 2 aliphatic heterocycles. The Balaban J connectivity index is 1.36. The Morgan fingerprint density at radius 2 is 1.67 bits per heavy atom. The SMILES string of the molecule is NC(=O)N1CCCC2(CCN(C3CC4CCC(C4)C3)CC2)c2ccccc21. The Morgan fingerprint density at radius 1 is 0.963 bits per heavy atom. The Bertz CT molecular complexity index is 697. The lowest BCUT2D eigenvalue weighted by atomic mass is 9.69. The van der Waals surface area contributed by atoms with Gasteiger partial charge in [-0.15, -0.1) is 0 Å². The van der Waals surface area contributed by atoms with Crippen LogP contribution in [0.5, 0.6) is 0 Å². The highest BCUT2D eigenvalue weighted by Gasteiger charge is 2.43. The third-order valence-electron chi connectivity index (χ3n) is 8.20. The summed E-state index contributed by atoms with van der Waals surface area (Å²) < 4.78 is 0. The van der Waals surface area contributed by atoms with E-state index in [2.05, 4.69) is 23.1 Å². The maximum atomic E-state index is 12.0. The van der Waals surface area contributed by atoms with E-state index in [4.69, 9.17) is 5.73 Å². The molecule has 0 radical (unpaired) electrons. The molecule has 2 amide bonds. The van der Waals surface area contributed by atoms with Crippen molar-refractivity contribution in [3.63, 3.8) is 0 Å². The Labute approximate surface area is 163 Å². The van der Waals surface area contributed by atoms with Crippen molar-refractivity contribution in [3.05, 3.63) is 29.8 Å².